The van der Waals surface area contributed by atoms with E-state index in [0.717, 1.165) is 11.1 Å². The van der Waals surface area contributed by atoms with Gasteiger partial charge in [-0.25, -0.2) is 0 Å². The SMILES string of the molecule is Cc1ccc(C(C)CC(=O)C2c3cccc(O)c3C(=O)c3c(O)cccc32)cc1. The first-order valence-electron chi connectivity index (χ1n) is 9.66. The van der Waals surface area contributed by atoms with Crippen LogP contribution in [0.15, 0.2) is 60.7 Å². The molecule has 146 valence electrons. The Morgan fingerprint density at radius 3 is 1.93 bits per heavy atom. The molecule has 0 heterocycles. The van der Waals surface area contributed by atoms with E-state index in [2.05, 4.69) is 0 Å². The lowest BCUT2D eigenvalue weighted by Gasteiger charge is -2.28. The number of phenols is 2. The van der Waals surface area contributed by atoms with Crippen molar-refractivity contribution in [2.24, 2.45) is 0 Å². The molecule has 0 amide bonds. The number of phenolic OH excluding ortho intramolecular Hbond substituents is 2. The number of benzene rings is 3. The van der Waals surface area contributed by atoms with Gasteiger partial charge in [0.05, 0.1) is 17.0 Å². The average Bonchev–Trinajstić information content (AvgIpc) is 2.68. The van der Waals surface area contributed by atoms with Crippen LogP contribution >= 0.6 is 0 Å². The third-order valence-electron chi connectivity index (χ3n) is 5.70. The molecule has 1 unspecified atom stereocenters. The van der Waals surface area contributed by atoms with Crippen LogP contribution in [0.25, 0.3) is 0 Å². The Hall–Kier alpha value is -3.40. The van der Waals surface area contributed by atoms with E-state index in [1.807, 2.05) is 38.1 Å². The third-order valence-corrected chi connectivity index (χ3v) is 5.70. The molecule has 0 aliphatic heterocycles. The summed E-state index contributed by atoms with van der Waals surface area (Å²) in [5.41, 5.74) is 3.42. The molecular formula is C25H22O4. The summed E-state index contributed by atoms with van der Waals surface area (Å²) in [6.07, 6.45) is 0.284. The maximum absolute atomic E-state index is 13.4. The molecular weight excluding hydrogens is 364 g/mol. The van der Waals surface area contributed by atoms with Crippen LogP contribution in [-0.4, -0.2) is 21.8 Å². The number of hydrogen-bond donors (Lipinski definition) is 2. The first-order chi connectivity index (χ1) is 13.9. The number of carbonyl (C=O) groups excluding carboxylic acids is 2. The molecule has 0 saturated heterocycles. The van der Waals surface area contributed by atoms with Crippen LogP contribution in [0.2, 0.25) is 0 Å². The third kappa shape index (κ3) is 3.21. The summed E-state index contributed by atoms with van der Waals surface area (Å²) in [6, 6.07) is 17.6. The molecule has 1 aliphatic carbocycles. The van der Waals surface area contributed by atoms with Gasteiger partial charge in [0, 0.05) is 6.42 Å². The van der Waals surface area contributed by atoms with Gasteiger partial charge in [-0.1, -0.05) is 61.0 Å². The van der Waals surface area contributed by atoms with Gasteiger partial charge in [0.15, 0.2) is 0 Å². The highest BCUT2D eigenvalue weighted by Gasteiger charge is 2.38. The fourth-order valence-corrected chi connectivity index (χ4v) is 4.16. The lowest BCUT2D eigenvalue weighted by Crippen LogP contribution is -2.26. The number of carbonyl (C=O) groups is 2. The molecule has 0 saturated carbocycles. The zero-order valence-corrected chi connectivity index (χ0v) is 16.3. The van der Waals surface area contributed by atoms with Crippen LogP contribution in [0.4, 0.5) is 0 Å². The number of Topliss-reactive ketones (excluding diaryl/α,β-unsaturated/α-hetero) is 1. The molecule has 3 aromatic rings. The van der Waals surface area contributed by atoms with E-state index >= 15 is 0 Å². The van der Waals surface area contributed by atoms with Gasteiger partial charge in [0.25, 0.3) is 0 Å². The van der Waals surface area contributed by atoms with Crippen molar-refractivity contribution < 1.29 is 19.8 Å². The van der Waals surface area contributed by atoms with Gasteiger partial charge in [-0.2, -0.15) is 0 Å². The van der Waals surface area contributed by atoms with Crippen molar-refractivity contribution in [1.82, 2.24) is 0 Å². The summed E-state index contributed by atoms with van der Waals surface area (Å²) < 4.78 is 0. The van der Waals surface area contributed by atoms with Crippen LogP contribution in [0.1, 0.15) is 63.4 Å². The first-order valence-corrected chi connectivity index (χ1v) is 9.66. The zero-order valence-electron chi connectivity index (χ0n) is 16.3. The predicted octanol–water partition coefficient (Wildman–Crippen LogP) is 4.85. The fraction of sp³-hybridized carbons (Fsp3) is 0.200. The van der Waals surface area contributed by atoms with E-state index in [-0.39, 0.29) is 40.7 Å². The second kappa shape index (κ2) is 7.21. The van der Waals surface area contributed by atoms with Crippen molar-refractivity contribution in [3.8, 4) is 11.5 Å². The van der Waals surface area contributed by atoms with Gasteiger partial charge < -0.3 is 10.2 Å². The van der Waals surface area contributed by atoms with E-state index < -0.39 is 11.7 Å². The van der Waals surface area contributed by atoms with Crippen LogP contribution in [-0.2, 0) is 4.79 Å². The monoisotopic (exact) mass is 386 g/mol. The molecule has 3 aromatic carbocycles. The minimum Gasteiger partial charge on any atom is -0.507 e. The highest BCUT2D eigenvalue weighted by Crippen LogP contribution is 2.44. The van der Waals surface area contributed by atoms with Crippen molar-refractivity contribution in [3.63, 3.8) is 0 Å². The molecule has 1 aliphatic rings. The molecule has 29 heavy (non-hydrogen) atoms. The number of ketones is 2. The highest BCUT2D eigenvalue weighted by molar-refractivity contribution is 6.18. The molecule has 4 nitrogen and oxygen atoms in total. The van der Waals surface area contributed by atoms with Crippen molar-refractivity contribution in [1.29, 1.82) is 0 Å². The number of aryl methyl sites for hydroxylation is 1. The number of rotatable bonds is 4. The van der Waals surface area contributed by atoms with Gasteiger partial charge in [-0.15, -0.1) is 0 Å². The van der Waals surface area contributed by atoms with Gasteiger partial charge in [-0.05, 0) is 41.7 Å². The van der Waals surface area contributed by atoms with Gasteiger partial charge in [-0.3, -0.25) is 9.59 Å². The Morgan fingerprint density at radius 1 is 0.897 bits per heavy atom. The van der Waals surface area contributed by atoms with Gasteiger partial charge in [0.1, 0.15) is 17.3 Å². The number of hydrogen-bond acceptors (Lipinski definition) is 4. The summed E-state index contributed by atoms with van der Waals surface area (Å²) >= 11 is 0. The molecule has 4 rings (SSSR count). The second-order valence-corrected chi connectivity index (χ2v) is 7.73. The lowest BCUT2D eigenvalue weighted by molar-refractivity contribution is -0.120. The largest absolute Gasteiger partial charge is 0.507 e. The zero-order chi connectivity index (χ0) is 20.7. The van der Waals surface area contributed by atoms with Crippen molar-refractivity contribution >= 4 is 11.6 Å². The van der Waals surface area contributed by atoms with E-state index in [9.17, 15) is 19.8 Å². The Labute approximate surface area is 169 Å². The molecule has 0 fully saturated rings. The fourth-order valence-electron chi connectivity index (χ4n) is 4.16. The Bertz CT molecular complexity index is 1060. The molecule has 0 bridgehead atoms. The number of aromatic hydroxyl groups is 2. The Morgan fingerprint density at radius 2 is 1.41 bits per heavy atom. The maximum atomic E-state index is 13.4. The highest BCUT2D eigenvalue weighted by atomic mass is 16.3. The quantitative estimate of drug-likeness (QED) is 0.672. The molecule has 2 N–H and O–H groups in total. The molecule has 0 aromatic heterocycles. The standard InChI is InChI=1S/C25H22O4/c1-14-9-11-16(12-10-14)15(2)13-21(28)22-17-5-3-7-19(26)23(17)25(29)24-18(22)6-4-8-20(24)27/h3-12,15,22,26-27H,13H2,1-2H3. The molecule has 1 atom stereocenters. The summed E-state index contributed by atoms with van der Waals surface area (Å²) in [5.74, 6) is -1.56. The predicted molar refractivity (Wildman–Crippen MR) is 111 cm³/mol. The molecule has 4 heteroatoms. The summed E-state index contributed by atoms with van der Waals surface area (Å²) in [4.78, 5) is 26.4. The van der Waals surface area contributed by atoms with E-state index in [0.29, 0.717) is 11.1 Å². The van der Waals surface area contributed by atoms with Crippen LogP contribution < -0.4 is 0 Å². The minimum absolute atomic E-state index is 0.00208. The topological polar surface area (TPSA) is 74.6 Å². The number of fused-ring (bicyclic) bond motifs is 2. The van der Waals surface area contributed by atoms with Crippen molar-refractivity contribution in [2.45, 2.75) is 32.1 Å². The smallest absolute Gasteiger partial charge is 0.201 e. The molecule has 0 radical (unpaired) electrons. The van der Waals surface area contributed by atoms with E-state index in [1.165, 1.54) is 12.1 Å². The Kier molecular flexibility index (Phi) is 4.71. The second-order valence-electron chi connectivity index (χ2n) is 7.73. The van der Waals surface area contributed by atoms with Crippen molar-refractivity contribution in [2.75, 3.05) is 0 Å². The minimum atomic E-state index is -0.704. The van der Waals surface area contributed by atoms with E-state index in [1.54, 1.807) is 24.3 Å². The summed E-state index contributed by atoms with van der Waals surface area (Å²) in [5, 5.41) is 20.6. The Balaban J connectivity index is 1.77. The first kappa shape index (κ1) is 18.9. The average molecular weight is 386 g/mol. The van der Waals surface area contributed by atoms with E-state index in [4.69, 9.17) is 0 Å². The maximum Gasteiger partial charge on any atom is 0.201 e. The molecule has 0 spiro atoms. The van der Waals surface area contributed by atoms with Gasteiger partial charge >= 0.3 is 0 Å². The van der Waals surface area contributed by atoms with Crippen LogP contribution in [0.3, 0.4) is 0 Å². The summed E-state index contributed by atoms with van der Waals surface area (Å²) in [7, 11) is 0. The van der Waals surface area contributed by atoms with Gasteiger partial charge in [0.2, 0.25) is 5.78 Å². The lowest BCUT2D eigenvalue weighted by atomic mass is 9.73. The summed E-state index contributed by atoms with van der Waals surface area (Å²) in [6.45, 7) is 4.02. The van der Waals surface area contributed by atoms with Crippen molar-refractivity contribution in [3.05, 3.63) is 94.0 Å². The normalized spacial score (nSPS) is 14.2. The van der Waals surface area contributed by atoms with Crippen LogP contribution in [0.5, 0.6) is 11.5 Å². The van der Waals surface area contributed by atoms with Crippen LogP contribution in [0, 0.1) is 6.92 Å².